The van der Waals surface area contributed by atoms with E-state index in [2.05, 4.69) is 10.9 Å². The highest BCUT2D eigenvalue weighted by Gasteiger charge is 2.22. The molecule has 2 aromatic rings. The zero-order chi connectivity index (χ0) is 16.7. The van der Waals surface area contributed by atoms with Crippen molar-refractivity contribution in [2.45, 2.75) is 31.9 Å². The number of hydrazine groups is 1. The molecular weight excluding hydrogens is 290 g/mol. The summed E-state index contributed by atoms with van der Waals surface area (Å²) in [6, 6.07) is 16.8. The van der Waals surface area contributed by atoms with Crippen molar-refractivity contribution in [3.8, 4) is 0 Å². The summed E-state index contributed by atoms with van der Waals surface area (Å²) >= 11 is 0. The zero-order valence-corrected chi connectivity index (χ0v) is 13.2. The van der Waals surface area contributed by atoms with Crippen molar-refractivity contribution in [2.24, 2.45) is 5.73 Å². The van der Waals surface area contributed by atoms with Gasteiger partial charge in [-0.2, -0.15) is 0 Å². The number of aliphatic hydroxyl groups is 1. The third-order valence-corrected chi connectivity index (χ3v) is 3.66. The predicted molar refractivity (Wildman–Crippen MR) is 91.7 cm³/mol. The predicted octanol–water partition coefficient (Wildman–Crippen LogP) is 1.76. The van der Waals surface area contributed by atoms with Gasteiger partial charge >= 0.3 is 0 Å². The van der Waals surface area contributed by atoms with Gasteiger partial charge in [0.1, 0.15) is 6.10 Å². The Balaban J connectivity index is 1.77. The van der Waals surface area contributed by atoms with E-state index in [0.29, 0.717) is 6.42 Å². The van der Waals surface area contributed by atoms with Gasteiger partial charge in [-0.25, -0.2) is 0 Å². The molecule has 23 heavy (non-hydrogen) atoms. The Kier molecular flexibility index (Phi) is 6.14. The molecule has 0 spiro atoms. The number of benzene rings is 2. The summed E-state index contributed by atoms with van der Waals surface area (Å²) in [6.45, 7) is 1.98. The number of carbonyl (C=O) groups excluding carboxylic acids is 1. The van der Waals surface area contributed by atoms with Crippen molar-refractivity contribution >= 4 is 11.6 Å². The van der Waals surface area contributed by atoms with Crippen LogP contribution in [0.1, 0.15) is 17.5 Å². The number of anilines is 1. The molecule has 2 rings (SSSR count). The fourth-order valence-electron chi connectivity index (χ4n) is 2.17. The third-order valence-electron chi connectivity index (χ3n) is 3.66. The quantitative estimate of drug-likeness (QED) is 0.587. The Bertz CT molecular complexity index is 614. The molecule has 0 aliphatic carbocycles. The van der Waals surface area contributed by atoms with E-state index in [1.807, 2.05) is 61.5 Å². The molecule has 0 radical (unpaired) electrons. The average molecular weight is 313 g/mol. The molecule has 5 heteroatoms. The molecule has 0 saturated heterocycles. The fraction of sp³-hybridized carbons (Fsp3) is 0.278. The second-order valence-corrected chi connectivity index (χ2v) is 5.61. The molecule has 0 fully saturated rings. The van der Waals surface area contributed by atoms with Gasteiger partial charge in [0.2, 0.25) is 0 Å². The van der Waals surface area contributed by atoms with Gasteiger partial charge in [0.05, 0.1) is 5.69 Å². The van der Waals surface area contributed by atoms with Gasteiger partial charge in [-0.3, -0.25) is 15.6 Å². The molecule has 0 bridgehead atoms. The molecule has 0 saturated carbocycles. The highest BCUT2D eigenvalue weighted by atomic mass is 16.3. The maximum absolute atomic E-state index is 11.9. The van der Waals surface area contributed by atoms with Crippen LogP contribution < -0.4 is 16.6 Å². The van der Waals surface area contributed by atoms with Gasteiger partial charge in [-0.15, -0.1) is 0 Å². The molecule has 2 aromatic carbocycles. The van der Waals surface area contributed by atoms with Gasteiger partial charge in [-0.05, 0) is 37.5 Å². The molecule has 5 N–H and O–H groups in total. The van der Waals surface area contributed by atoms with Gasteiger partial charge in [0, 0.05) is 6.04 Å². The maximum atomic E-state index is 11.9. The number of aryl methyl sites for hydroxylation is 2. The summed E-state index contributed by atoms with van der Waals surface area (Å²) in [4.78, 5) is 11.9. The van der Waals surface area contributed by atoms with Crippen molar-refractivity contribution < 1.29 is 9.90 Å². The lowest BCUT2D eigenvalue weighted by Crippen LogP contribution is -2.48. The zero-order valence-electron chi connectivity index (χ0n) is 13.2. The normalized spacial score (nSPS) is 13.2. The number of carbonyl (C=O) groups is 1. The summed E-state index contributed by atoms with van der Waals surface area (Å²) in [7, 11) is 0. The van der Waals surface area contributed by atoms with Crippen molar-refractivity contribution in [2.75, 3.05) is 5.43 Å². The first-order chi connectivity index (χ1) is 11.1. The van der Waals surface area contributed by atoms with E-state index in [0.717, 1.165) is 23.2 Å². The van der Waals surface area contributed by atoms with E-state index < -0.39 is 18.1 Å². The third kappa shape index (κ3) is 5.39. The van der Waals surface area contributed by atoms with E-state index in [1.54, 1.807) is 0 Å². The minimum atomic E-state index is -1.25. The Labute approximate surface area is 136 Å². The van der Waals surface area contributed by atoms with Crippen LogP contribution in [0.25, 0.3) is 0 Å². The Morgan fingerprint density at radius 2 is 1.78 bits per heavy atom. The van der Waals surface area contributed by atoms with E-state index in [-0.39, 0.29) is 0 Å². The van der Waals surface area contributed by atoms with Gasteiger partial charge in [0.25, 0.3) is 5.91 Å². The second-order valence-electron chi connectivity index (χ2n) is 5.61. The molecule has 5 nitrogen and oxygen atoms in total. The highest BCUT2D eigenvalue weighted by molar-refractivity contribution is 5.82. The monoisotopic (exact) mass is 313 g/mol. The van der Waals surface area contributed by atoms with Gasteiger partial charge < -0.3 is 10.8 Å². The highest BCUT2D eigenvalue weighted by Crippen LogP contribution is 2.08. The minimum absolute atomic E-state index is 0.531. The van der Waals surface area contributed by atoms with E-state index >= 15 is 0 Å². The van der Waals surface area contributed by atoms with Crippen LogP contribution in [0, 0.1) is 6.92 Å². The topological polar surface area (TPSA) is 87.4 Å². The number of nitrogens with two attached hydrogens (primary N) is 1. The largest absolute Gasteiger partial charge is 0.382 e. The standard InChI is InChI=1S/C18H23N3O2/c1-13-7-10-15(11-8-13)20-21-18(23)17(22)16(19)12-9-14-5-3-2-4-6-14/h2-8,10-11,16-17,20,22H,9,12,19H2,1H3,(H,21,23)/t16-,17+/m1/s1. The second kappa shape index (κ2) is 8.31. The number of amides is 1. The molecule has 0 heterocycles. The first kappa shape index (κ1) is 17.0. The number of nitrogens with one attached hydrogen (secondary N) is 2. The lowest BCUT2D eigenvalue weighted by Gasteiger charge is -2.19. The van der Waals surface area contributed by atoms with Crippen LogP contribution in [-0.2, 0) is 11.2 Å². The first-order valence-corrected chi connectivity index (χ1v) is 7.66. The summed E-state index contributed by atoms with van der Waals surface area (Å²) in [5.74, 6) is -0.536. The Morgan fingerprint density at radius 3 is 2.43 bits per heavy atom. The summed E-state index contributed by atoms with van der Waals surface area (Å²) < 4.78 is 0. The lowest BCUT2D eigenvalue weighted by atomic mass is 10.0. The molecule has 0 unspecified atom stereocenters. The summed E-state index contributed by atoms with van der Waals surface area (Å²) in [5.41, 5.74) is 14.2. The molecule has 0 aliphatic rings. The van der Waals surface area contributed by atoms with E-state index in [4.69, 9.17) is 5.73 Å². The van der Waals surface area contributed by atoms with Crippen LogP contribution in [0.2, 0.25) is 0 Å². The van der Waals surface area contributed by atoms with Crippen LogP contribution in [0.4, 0.5) is 5.69 Å². The Hall–Kier alpha value is -2.37. The molecular formula is C18H23N3O2. The summed E-state index contributed by atoms with van der Waals surface area (Å²) in [6.07, 6.45) is -0.00223. The van der Waals surface area contributed by atoms with Crippen molar-refractivity contribution in [1.82, 2.24) is 5.43 Å². The van der Waals surface area contributed by atoms with Crippen molar-refractivity contribution in [3.63, 3.8) is 0 Å². The number of hydrogen-bond acceptors (Lipinski definition) is 4. The van der Waals surface area contributed by atoms with E-state index in [9.17, 15) is 9.90 Å². The van der Waals surface area contributed by atoms with Crippen LogP contribution in [0.5, 0.6) is 0 Å². The smallest absolute Gasteiger partial charge is 0.268 e. The van der Waals surface area contributed by atoms with Gasteiger partial charge in [0.15, 0.2) is 0 Å². The lowest BCUT2D eigenvalue weighted by molar-refractivity contribution is -0.129. The Morgan fingerprint density at radius 1 is 1.13 bits per heavy atom. The number of rotatable bonds is 7. The first-order valence-electron chi connectivity index (χ1n) is 7.66. The molecule has 0 aromatic heterocycles. The maximum Gasteiger partial charge on any atom is 0.268 e. The number of hydrogen-bond donors (Lipinski definition) is 4. The van der Waals surface area contributed by atoms with E-state index in [1.165, 1.54) is 0 Å². The van der Waals surface area contributed by atoms with Crippen LogP contribution in [-0.4, -0.2) is 23.2 Å². The fourth-order valence-corrected chi connectivity index (χ4v) is 2.17. The molecule has 2 atom stereocenters. The average Bonchev–Trinajstić information content (AvgIpc) is 2.59. The van der Waals surface area contributed by atoms with Crippen LogP contribution in [0.3, 0.4) is 0 Å². The number of aliphatic hydroxyl groups excluding tert-OH is 1. The van der Waals surface area contributed by atoms with Crippen molar-refractivity contribution in [3.05, 3.63) is 65.7 Å². The molecule has 0 aliphatic heterocycles. The minimum Gasteiger partial charge on any atom is -0.382 e. The van der Waals surface area contributed by atoms with Crippen molar-refractivity contribution in [1.29, 1.82) is 0 Å². The molecule has 1 amide bonds. The summed E-state index contributed by atoms with van der Waals surface area (Å²) in [5, 5.41) is 10.0. The van der Waals surface area contributed by atoms with Crippen LogP contribution in [0.15, 0.2) is 54.6 Å². The SMILES string of the molecule is Cc1ccc(NNC(=O)[C@@H](O)[C@H](N)CCc2ccccc2)cc1. The van der Waals surface area contributed by atoms with Crippen LogP contribution >= 0.6 is 0 Å². The molecule has 122 valence electrons. The van der Waals surface area contributed by atoms with Gasteiger partial charge in [-0.1, -0.05) is 48.0 Å².